The lowest BCUT2D eigenvalue weighted by molar-refractivity contribution is 0.126. The zero-order valence-corrected chi connectivity index (χ0v) is 8.53. The van der Waals surface area contributed by atoms with Gasteiger partial charge in [-0.25, -0.2) is 4.79 Å². The number of piperidine rings is 1. The van der Waals surface area contributed by atoms with E-state index in [1.165, 1.54) is 4.90 Å². The molecule has 1 amide bonds. The van der Waals surface area contributed by atoms with Gasteiger partial charge in [-0.1, -0.05) is 0 Å². The van der Waals surface area contributed by atoms with Gasteiger partial charge in [0.15, 0.2) is 0 Å². The molecule has 0 aromatic carbocycles. The molecule has 0 atom stereocenters. The van der Waals surface area contributed by atoms with Gasteiger partial charge < -0.3 is 20.1 Å². The Kier molecular flexibility index (Phi) is 4.69. The van der Waals surface area contributed by atoms with Crippen molar-refractivity contribution < 1.29 is 14.6 Å². The number of nitrogens with zero attached hydrogens (tertiary/aromatic N) is 1. The summed E-state index contributed by atoms with van der Waals surface area (Å²) in [5.74, 6) is 0. The molecule has 1 fully saturated rings. The van der Waals surface area contributed by atoms with Crippen LogP contribution in [-0.4, -0.2) is 55.5 Å². The molecule has 0 radical (unpaired) electrons. The Morgan fingerprint density at radius 1 is 1.57 bits per heavy atom. The van der Waals surface area contributed by atoms with Gasteiger partial charge in [-0.15, -0.1) is 0 Å². The highest BCUT2D eigenvalue weighted by molar-refractivity contribution is 5.65. The number of carbonyl (C=O) groups is 1. The summed E-state index contributed by atoms with van der Waals surface area (Å²) in [5, 5.41) is 12.1. The average molecular weight is 202 g/mol. The van der Waals surface area contributed by atoms with E-state index in [0.717, 1.165) is 19.4 Å². The van der Waals surface area contributed by atoms with Crippen LogP contribution in [0.2, 0.25) is 0 Å². The van der Waals surface area contributed by atoms with E-state index in [0.29, 0.717) is 25.7 Å². The summed E-state index contributed by atoms with van der Waals surface area (Å²) in [5.41, 5.74) is 0. The van der Waals surface area contributed by atoms with E-state index < -0.39 is 6.09 Å². The highest BCUT2D eigenvalue weighted by Crippen LogP contribution is 2.09. The third-order valence-electron chi connectivity index (χ3n) is 2.50. The minimum atomic E-state index is -0.805. The Balaban J connectivity index is 2.12. The second-order valence-corrected chi connectivity index (χ2v) is 3.49. The highest BCUT2D eigenvalue weighted by Gasteiger charge is 2.21. The van der Waals surface area contributed by atoms with E-state index in [2.05, 4.69) is 5.32 Å². The lowest BCUT2D eigenvalue weighted by Crippen LogP contribution is -2.45. The molecule has 1 rings (SSSR count). The van der Waals surface area contributed by atoms with Crippen LogP contribution < -0.4 is 5.32 Å². The van der Waals surface area contributed by atoms with Crippen LogP contribution in [0.25, 0.3) is 0 Å². The molecule has 5 nitrogen and oxygen atoms in total. The molecule has 2 N–H and O–H groups in total. The van der Waals surface area contributed by atoms with Gasteiger partial charge >= 0.3 is 6.09 Å². The first-order valence-electron chi connectivity index (χ1n) is 4.94. The monoisotopic (exact) mass is 202 g/mol. The van der Waals surface area contributed by atoms with Crippen molar-refractivity contribution in [2.45, 2.75) is 18.9 Å². The quantitative estimate of drug-likeness (QED) is 0.646. The van der Waals surface area contributed by atoms with Crippen molar-refractivity contribution >= 4 is 6.09 Å². The number of hydrogen-bond donors (Lipinski definition) is 2. The van der Waals surface area contributed by atoms with Crippen molar-refractivity contribution in [3.8, 4) is 0 Å². The molecule has 1 heterocycles. The summed E-state index contributed by atoms with van der Waals surface area (Å²) in [4.78, 5) is 12.1. The SMILES string of the molecule is COCCNC1CCN(C(=O)O)CC1. The molecule has 82 valence electrons. The number of likely N-dealkylation sites (tertiary alicyclic amines) is 1. The van der Waals surface area contributed by atoms with E-state index >= 15 is 0 Å². The predicted molar refractivity (Wildman–Crippen MR) is 52.5 cm³/mol. The lowest BCUT2D eigenvalue weighted by atomic mass is 10.1. The average Bonchev–Trinajstić information content (AvgIpc) is 2.19. The van der Waals surface area contributed by atoms with Crippen LogP contribution in [0.15, 0.2) is 0 Å². The molecular weight excluding hydrogens is 184 g/mol. The molecule has 0 unspecified atom stereocenters. The first kappa shape index (κ1) is 11.3. The smallest absolute Gasteiger partial charge is 0.407 e. The second-order valence-electron chi connectivity index (χ2n) is 3.49. The van der Waals surface area contributed by atoms with Gasteiger partial charge in [-0.05, 0) is 12.8 Å². The largest absolute Gasteiger partial charge is 0.465 e. The summed E-state index contributed by atoms with van der Waals surface area (Å²) in [6.45, 7) is 2.83. The van der Waals surface area contributed by atoms with Crippen LogP contribution in [0.4, 0.5) is 4.79 Å². The van der Waals surface area contributed by atoms with Gasteiger partial charge in [0.25, 0.3) is 0 Å². The molecule has 0 saturated carbocycles. The van der Waals surface area contributed by atoms with Crippen LogP contribution >= 0.6 is 0 Å². The van der Waals surface area contributed by atoms with E-state index in [4.69, 9.17) is 9.84 Å². The molecule has 0 bridgehead atoms. The summed E-state index contributed by atoms with van der Waals surface area (Å²) in [7, 11) is 1.68. The third kappa shape index (κ3) is 3.51. The summed E-state index contributed by atoms with van der Waals surface area (Å²) in [6, 6.07) is 0.445. The van der Waals surface area contributed by atoms with Gasteiger partial charge in [-0.3, -0.25) is 0 Å². The highest BCUT2D eigenvalue weighted by atomic mass is 16.5. The van der Waals surface area contributed by atoms with E-state index in [9.17, 15) is 4.79 Å². The van der Waals surface area contributed by atoms with Crippen molar-refractivity contribution in [2.75, 3.05) is 33.4 Å². The maximum absolute atomic E-state index is 10.6. The zero-order chi connectivity index (χ0) is 10.4. The molecule has 1 saturated heterocycles. The Hall–Kier alpha value is -0.810. The molecule has 5 heteroatoms. The molecule has 0 spiro atoms. The molecule has 0 aliphatic carbocycles. The summed E-state index contributed by atoms with van der Waals surface area (Å²) in [6.07, 6.45) is 0.992. The number of nitrogens with one attached hydrogen (secondary N) is 1. The van der Waals surface area contributed by atoms with E-state index in [-0.39, 0.29) is 0 Å². The van der Waals surface area contributed by atoms with Crippen molar-refractivity contribution in [3.63, 3.8) is 0 Å². The van der Waals surface area contributed by atoms with Gasteiger partial charge in [0.2, 0.25) is 0 Å². The van der Waals surface area contributed by atoms with Crippen LogP contribution in [0, 0.1) is 0 Å². The fraction of sp³-hybridized carbons (Fsp3) is 0.889. The number of hydrogen-bond acceptors (Lipinski definition) is 3. The minimum absolute atomic E-state index is 0.445. The molecular formula is C9H18N2O3. The fourth-order valence-corrected chi connectivity index (χ4v) is 1.64. The first-order chi connectivity index (χ1) is 6.74. The van der Waals surface area contributed by atoms with Crippen LogP contribution in [-0.2, 0) is 4.74 Å². The Labute approximate surface area is 84.0 Å². The van der Waals surface area contributed by atoms with Crippen molar-refractivity contribution in [1.29, 1.82) is 0 Å². The summed E-state index contributed by atoms with van der Waals surface area (Å²) >= 11 is 0. The number of ether oxygens (including phenoxy) is 1. The molecule has 0 aromatic heterocycles. The van der Waals surface area contributed by atoms with Crippen LogP contribution in [0.5, 0.6) is 0 Å². The number of carboxylic acid groups (broad SMARTS) is 1. The number of rotatable bonds is 4. The first-order valence-corrected chi connectivity index (χ1v) is 4.94. The van der Waals surface area contributed by atoms with Gasteiger partial charge in [0.1, 0.15) is 0 Å². The summed E-state index contributed by atoms with van der Waals surface area (Å²) < 4.78 is 4.93. The lowest BCUT2D eigenvalue weighted by Gasteiger charge is -2.30. The Morgan fingerprint density at radius 3 is 2.71 bits per heavy atom. The van der Waals surface area contributed by atoms with Crippen molar-refractivity contribution in [3.05, 3.63) is 0 Å². The predicted octanol–water partition coefficient (Wildman–Crippen LogP) is 0.365. The fourth-order valence-electron chi connectivity index (χ4n) is 1.64. The van der Waals surface area contributed by atoms with E-state index in [1.807, 2.05) is 0 Å². The second kappa shape index (κ2) is 5.82. The molecule has 0 aromatic rings. The van der Waals surface area contributed by atoms with Crippen molar-refractivity contribution in [2.24, 2.45) is 0 Å². The number of methoxy groups -OCH3 is 1. The maximum atomic E-state index is 10.6. The Morgan fingerprint density at radius 2 is 2.21 bits per heavy atom. The zero-order valence-electron chi connectivity index (χ0n) is 8.53. The van der Waals surface area contributed by atoms with Crippen LogP contribution in [0.1, 0.15) is 12.8 Å². The van der Waals surface area contributed by atoms with E-state index in [1.54, 1.807) is 7.11 Å². The van der Waals surface area contributed by atoms with Gasteiger partial charge in [-0.2, -0.15) is 0 Å². The third-order valence-corrected chi connectivity index (χ3v) is 2.50. The maximum Gasteiger partial charge on any atom is 0.407 e. The van der Waals surface area contributed by atoms with Crippen molar-refractivity contribution in [1.82, 2.24) is 10.2 Å². The van der Waals surface area contributed by atoms with Crippen LogP contribution in [0.3, 0.4) is 0 Å². The molecule has 1 aliphatic rings. The Bertz CT molecular complexity index is 179. The minimum Gasteiger partial charge on any atom is -0.465 e. The standard InChI is InChI=1S/C9H18N2O3/c1-14-7-4-10-8-2-5-11(6-3-8)9(12)13/h8,10H,2-7H2,1H3,(H,12,13). The van der Waals surface area contributed by atoms with Gasteiger partial charge in [0.05, 0.1) is 6.61 Å². The molecule has 14 heavy (non-hydrogen) atoms. The van der Waals surface area contributed by atoms with Gasteiger partial charge in [0, 0.05) is 32.8 Å². The molecule has 1 aliphatic heterocycles. The topological polar surface area (TPSA) is 61.8 Å². The number of amides is 1. The normalized spacial score (nSPS) is 18.5.